The average molecular weight is 517 g/mol. The van der Waals surface area contributed by atoms with Gasteiger partial charge in [-0.3, -0.25) is 5.32 Å². The number of nitrogens with zero attached hydrogens (tertiary/aromatic N) is 2. The quantitative estimate of drug-likeness (QED) is 0.265. The van der Waals surface area contributed by atoms with Crippen molar-refractivity contribution in [2.24, 2.45) is 0 Å². The SMILES string of the molecule is COC(=O)c1c(OCc2c(F)c(F)cc(OC)c2F)nsc1NC(=O)NCCCCN1CCCC1. The van der Waals surface area contributed by atoms with Crippen molar-refractivity contribution < 1.29 is 37.0 Å². The third-order valence-corrected chi connectivity index (χ3v) is 6.20. The second-order valence-corrected chi connectivity index (χ2v) is 8.55. The van der Waals surface area contributed by atoms with Crippen LogP contribution in [0.4, 0.5) is 23.0 Å². The molecule has 1 aliphatic rings. The molecule has 1 aromatic carbocycles. The van der Waals surface area contributed by atoms with E-state index in [1.54, 1.807) is 0 Å². The Hall–Kier alpha value is -3.06. The van der Waals surface area contributed by atoms with Crippen molar-refractivity contribution in [1.82, 2.24) is 14.6 Å². The normalized spacial score (nSPS) is 13.5. The molecule has 2 N–H and O–H groups in total. The van der Waals surface area contributed by atoms with Gasteiger partial charge in [0, 0.05) is 12.6 Å². The first-order valence-corrected chi connectivity index (χ1v) is 11.8. The van der Waals surface area contributed by atoms with Gasteiger partial charge in [-0.2, -0.15) is 4.37 Å². The molecule has 0 aliphatic carbocycles. The molecule has 0 spiro atoms. The van der Waals surface area contributed by atoms with E-state index in [0.717, 1.165) is 58.2 Å². The molecule has 1 aliphatic heterocycles. The van der Waals surface area contributed by atoms with Crippen LogP contribution in [0.25, 0.3) is 0 Å². The molecule has 0 radical (unpaired) electrons. The van der Waals surface area contributed by atoms with Crippen LogP contribution in [0.2, 0.25) is 0 Å². The number of likely N-dealkylation sites (tertiary alicyclic amines) is 1. The molecule has 0 bridgehead atoms. The van der Waals surface area contributed by atoms with Crippen LogP contribution in [0.1, 0.15) is 41.6 Å². The molecular formula is C22H27F3N4O5S. The Balaban J connectivity index is 1.61. The van der Waals surface area contributed by atoms with Crippen LogP contribution in [0.3, 0.4) is 0 Å². The molecule has 1 saturated heterocycles. The van der Waals surface area contributed by atoms with E-state index in [2.05, 4.69) is 19.9 Å². The molecule has 0 atom stereocenters. The molecule has 192 valence electrons. The molecule has 0 unspecified atom stereocenters. The number of urea groups is 1. The topological polar surface area (TPSA) is 102 Å². The van der Waals surface area contributed by atoms with Gasteiger partial charge in [-0.1, -0.05) is 0 Å². The number of carbonyl (C=O) groups is 2. The Morgan fingerprint density at radius 2 is 1.89 bits per heavy atom. The van der Waals surface area contributed by atoms with Crippen LogP contribution in [0.5, 0.6) is 11.6 Å². The van der Waals surface area contributed by atoms with E-state index in [1.807, 2.05) is 0 Å². The minimum absolute atomic E-state index is 0.0270. The Bertz CT molecular complexity index is 1050. The number of hydrogen-bond acceptors (Lipinski definition) is 8. The predicted molar refractivity (Wildman–Crippen MR) is 123 cm³/mol. The third-order valence-electron chi connectivity index (χ3n) is 5.45. The van der Waals surface area contributed by atoms with Gasteiger partial charge in [0.25, 0.3) is 0 Å². The van der Waals surface area contributed by atoms with Crippen LogP contribution in [-0.2, 0) is 11.3 Å². The lowest BCUT2D eigenvalue weighted by atomic mass is 10.2. The van der Waals surface area contributed by atoms with Gasteiger partial charge in [0.2, 0.25) is 5.88 Å². The lowest BCUT2D eigenvalue weighted by Crippen LogP contribution is -2.30. The number of ether oxygens (including phenoxy) is 3. The van der Waals surface area contributed by atoms with Crippen molar-refractivity contribution in [3.63, 3.8) is 0 Å². The summed E-state index contributed by atoms with van der Waals surface area (Å²) < 4.78 is 60.9. The van der Waals surface area contributed by atoms with Crippen molar-refractivity contribution in [3.8, 4) is 11.6 Å². The lowest BCUT2D eigenvalue weighted by Gasteiger charge is -2.14. The van der Waals surface area contributed by atoms with Gasteiger partial charge in [-0.25, -0.2) is 22.8 Å². The first kappa shape index (κ1) is 26.5. The molecule has 9 nitrogen and oxygen atoms in total. The number of unbranched alkanes of at least 4 members (excludes halogenated alkanes) is 1. The fourth-order valence-corrected chi connectivity index (χ4v) is 4.32. The Morgan fingerprint density at radius 1 is 1.14 bits per heavy atom. The molecule has 3 rings (SSSR count). The number of anilines is 1. The summed E-state index contributed by atoms with van der Waals surface area (Å²) in [6, 6.07) is 0.0164. The predicted octanol–water partition coefficient (Wildman–Crippen LogP) is 3.93. The summed E-state index contributed by atoms with van der Waals surface area (Å²) in [6.07, 6.45) is 4.19. The molecule has 13 heteroatoms. The van der Waals surface area contributed by atoms with Gasteiger partial charge in [-0.15, -0.1) is 0 Å². The van der Waals surface area contributed by atoms with Crippen molar-refractivity contribution in [2.45, 2.75) is 32.3 Å². The van der Waals surface area contributed by atoms with Crippen LogP contribution >= 0.6 is 11.5 Å². The number of benzene rings is 1. The summed E-state index contributed by atoms with van der Waals surface area (Å²) in [4.78, 5) is 27.0. The largest absolute Gasteiger partial charge is 0.494 e. The summed E-state index contributed by atoms with van der Waals surface area (Å²) in [6.45, 7) is 2.87. The number of hydrogen-bond donors (Lipinski definition) is 2. The molecule has 1 fully saturated rings. The van der Waals surface area contributed by atoms with Gasteiger partial charge in [0.15, 0.2) is 28.8 Å². The van der Waals surface area contributed by atoms with Gasteiger partial charge >= 0.3 is 12.0 Å². The maximum Gasteiger partial charge on any atom is 0.346 e. The minimum Gasteiger partial charge on any atom is -0.494 e. The Kier molecular flexibility index (Phi) is 9.55. The number of methoxy groups -OCH3 is 2. The van der Waals surface area contributed by atoms with Crippen LogP contribution in [0.15, 0.2) is 6.07 Å². The smallest absolute Gasteiger partial charge is 0.346 e. The fraction of sp³-hybridized carbons (Fsp3) is 0.500. The first-order valence-electron chi connectivity index (χ1n) is 11.0. The highest BCUT2D eigenvalue weighted by atomic mass is 32.1. The number of rotatable bonds is 11. The van der Waals surface area contributed by atoms with E-state index < -0.39 is 47.4 Å². The van der Waals surface area contributed by atoms with E-state index in [9.17, 15) is 22.8 Å². The van der Waals surface area contributed by atoms with Crippen LogP contribution in [0, 0.1) is 17.5 Å². The van der Waals surface area contributed by atoms with Crippen molar-refractivity contribution in [1.29, 1.82) is 0 Å². The van der Waals surface area contributed by atoms with Crippen molar-refractivity contribution in [2.75, 3.05) is 45.7 Å². The molecule has 2 heterocycles. The van der Waals surface area contributed by atoms with Gasteiger partial charge < -0.3 is 24.4 Å². The summed E-state index contributed by atoms with van der Waals surface area (Å²) in [5.74, 6) is -5.65. The molecule has 35 heavy (non-hydrogen) atoms. The zero-order chi connectivity index (χ0) is 25.4. The number of carbonyl (C=O) groups excluding carboxylic acids is 2. The van der Waals surface area contributed by atoms with Gasteiger partial charge in [-0.05, 0) is 56.9 Å². The molecule has 0 saturated carbocycles. The number of amides is 2. The van der Waals surface area contributed by atoms with E-state index in [4.69, 9.17) is 14.2 Å². The van der Waals surface area contributed by atoms with E-state index in [0.29, 0.717) is 12.6 Å². The second-order valence-electron chi connectivity index (χ2n) is 7.78. The monoisotopic (exact) mass is 516 g/mol. The highest BCUT2D eigenvalue weighted by Crippen LogP contribution is 2.33. The van der Waals surface area contributed by atoms with Crippen molar-refractivity contribution >= 4 is 28.5 Å². The zero-order valence-corrected chi connectivity index (χ0v) is 20.2. The maximum atomic E-state index is 14.4. The highest BCUT2D eigenvalue weighted by Gasteiger charge is 2.26. The van der Waals surface area contributed by atoms with Crippen molar-refractivity contribution in [3.05, 3.63) is 34.6 Å². The number of aromatic nitrogens is 1. The van der Waals surface area contributed by atoms with Crippen LogP contribution in [-0.4, -0.2) is 61.7 Å². The molecule has 2 aromatic rings. The first-order chi connectivity index (χ1) is 16.8. The summed E-state index contributed by atoms with van der Waals surface area (Å²) >= 11 is 0.722. The summed E-state index contributed by atoms with van der Waals surface area (Å²) in [5.41, 5.74) is -0.974. The fourth-order valence-electron chi connectivity index (χ4n) is 3.60. The van der Waals surface area contributed by atoms with E-state index >= 15 is 0 Å². The Labute approximate surface area is 204 Å². The van der Waals surface area contributed by atoms with E-state index in [1.165, 1.54) is 12.8 Å². The van der Waals surface area contributed by atoms with Gasteiger partial charge in [0.05, 0.1) is 19.8 Å². The number of halogens is 3. The maximum absolute atomic E-state index is 14.4. The Morgan fingerprint density at radius 3 is 2.57 bits per heavy atom. The number of esters is 1. The molecule has 1 aromatic heterocycles. The van der Waals surface area contributed by atoms with E-state index in [-0.39, 0.29) is 16.4 Å². The summed E-state index contributed by atoms with van der Waals surface area (Å²) in [7, 11) is 2.22. The van der Waals surface area contributed by atoms with Gasteiger partial charge in [0.1, 0.15) is 11.6 Å². The second kappa shape index (κ2) is 12.6. The zero-order valence-electron chi connectivity index (χ0n) is 19.4. The average Bonchev–Trinajstić information content (AvgIpc) is 3.50. The standard InChI is InChI=1S/C22H27F3N4O5S/c1-32-15-11-14(23)17(24)13(18(15)25)12-34-19-16(21(30)33-2)20(35-28-19)27-22(31)26-7-3-4-8-29-9-5-6-10-29/h11H,3-10,12H2,1-2H3,(H2,26,27,31). The molecular weight excluding hydrogens is 489 g/mol. The third kappa shape index (κ3) is 6.75. The van der Waals surface area contributed by atoms with Crippen LogP contribution < -0.4 is 20.1 Å². The lowest BCUT2D eigenvalue weighted by molar-refractivity contribution is 0.0596. The molecule has 2 amide bonds. The minimum atomic E-state index is -1.46. The highest BCUT2D eigenvalue weighted by molar-refractivity contribution is 7.11. The summed E-state index contributed by atoms with van der Waals surface area (Å²) in [5, 5.41) is 5.24. The number of nitrogens with one attached hydrogen (secondary N) is 2.